The van der Waals surface area contributed by atoms with Gasteiger partial charge in [-0.1, -0.05) is 6.92 Å². The van der Waals surface area contributed by atoms with Gasteiger partial charge in [0.2, 0.25) is 0 Å². The molecule has 0 aliphatic heterocycles. The molecule has 0 N–H and O–H groups in total. The standard InChI is InChI=1S/C11H9ClF2O2S/c1-2-3-10(15)17-9-4-6(11(12)16)7(13)5-8(9)14/h4-5H,2-3H2,1H3. The van der Waals surface area contributed by atoms with Gasteiger partial charge in [-0.25, -0.2) is 8.78 Å². The van der Waals surface area contributed by atoms with Crippen LogP contribution >= 0.6 is 23.4 Å². The molecule has 1 aromatic carbocycles. The Balaban J connectivity index is 3.03. The molecule has 0 heterocycles. The molecule has 6 heteroatoms. The van der Waals surface area contributed by atoms with Crippen LogP contribution in [0.25, 0.3) is 0 Å². The second kappa shape index (κ2) is 6.12. The van der Waals surface area contributed by atoms with Gasteiger partial charge in [-0.3, -0.25) is 9.59 Å². The van der Waals surface area contributed by atoms with E-state index in [1.54, 1.807) is 0 Å². The van der Waals surface area contributed by atoms with Gasteiger partial charge < -0.3 is 0 Å². The number of rotatable bonds is 4. The molecule has 2 nitrogen and oxygen atoms in total. The predicted octanol–water partition coefficient (Wildman–Crippen LogP) is 3.76. The van der Waals surface area contributed by atoms with Crippen molar-refractivity contribution in [2.45, 2.75) is 24.7 Å². The highest BCUT2D eigenvalue weighted by atomic mass is 35.5. The van der Waals surface area contributed by atoms with Crippen molar-refractivity contribution in [3.05, 3.63) is 29.3 Å². The molecule has 0 atom stereocenters. The smallest absolute Gasteiger partial charge is 0.255 e. The Bertz CT molecular complexity index is 463. The number of hydrogen-bond donors (Lipinski definition) is 0. The molecule has 0 aliphatic carbocycles. The minimum atomic E-state index is -1.03. The third kappa shape index (κ3) is 3.78. The Morgan fingerprint density at radius 2 is 1.94 bits per heavy atom. The van der Waals surface area contributed by atoms with Gasteiger partial charge in [-0.15, -0.1) is 0 Å². The summed E-state index contributed by atoms with van der Waals surface area (Å²) in [7, 11) is 0. The Hall–Kier alpha value is -0.940. The SMILES string of the molecule is CCCC(=O)Sc1cc(C(=O)Cl)c(F)cc1F. The van der Waals surface area contributed by atoms with Crippen molar-refractivity contribution in [3.8, 4) is 0 Å². The zero-order valence-electron chi connectivity index (χ0n) is 8.93. The third-order valence-electron chi connectivity index (χ3n) is 1.91. The highest BCUT2D eigenvalue weighted by Gasteiger charge is 2.16. The monoisotopic (exact) mass is 278 g/mol. The lowest BCUT2D eigenvalue weighted by Gasteiger charge is -2.04. The summed E-state index contributed by atoms with van der Waals surface area (Å²) in [6, 6.07) is 1.51. The van der Waals surface area contributed by atoms with E-state index in [9.17, 15) is 18.4 Å². The molecule has 0 fully saturated rings. The van der Waals surface area contributed by atoms with E-state index >= 15 is 0 Å². The minimum absolute atomic E-state index is 0.0890. The fourth-order valence-electron chi connectivity index (χ4n) is 1.14. The zero-order valence-corrected chi connectivity index (χ0v) is 10.5. The second-order valence-corrected chi connectivity index (χ2v) is 4.70. The molecule has 0 bridgehead atoms. The summed E-state index contributed by atoms with van der Waals surface area (Å²) in [5.74, 6) is -1.91. The zero-order chi connectivity index (χ0) is 13.0. The first-order chi connectivity index (χ1) is 7.95. The molecular formula is C11H9ClF2O2S. The number of carbonyl (C=O) groups excluding carboxylic acids is 2. The summed E-state index contributed by atoms with van der Waals surface area (Å²) in [6.45, 7) is 1.81. The van der Waals surface area contributed by atoms with Crippen molar-refractivity contribution >= 4 is 33.7 Å². The van der Waals surface area contributed by atoms with Crippen molar-refractivity contribution in [3.63, 3.8) is 0 Å². The summed E-state index contributed by atoms with van der Waals surface area (Å²) in [4.78, 5) is 22.1. The van der Waals surface area contributed by atoms with Gasteiger partial charge in [0.15, 0.2) is 5.12 Å². The second-order valence-electron chi connectivity index (χ2n) is 3.26. The largest absolute Gasteiger partial charge is 0.287 e. The van der Waals surface area contributed by atoms with Crippen molar-refractivity contribution in [1.29, 1.82) is 0 Å². The molecule has 0 saturated carbocycles. The minimum Gasteiger partial charge on any atom is -0.287 e. The highest BCUT2D eigenvalue weighted by Crippen LogP contribution is 2.27. The molecule has 0 aliphatic rings. The number of thioether (sulfide) groups is 1. The van der Waals surface area contributed by atoms with E-state index in [1.165, 1.54) is 0 Å². The average Bonchev–Trinajstić information content (AvgIpc) is 2.21. The van der Waals surface area contributed by atoms with Gasteiger partial charge in [-0.05, 0) is 35.9 Å². The molecule has 0 radical (unpaired) electrons. The van der Waals surface area contributed by atoms with Crippen LogP contribution in [-0.4, -0.2) is 10.4 Å². The van der Waals surface area contributed by atoms with E-state index in [0.29, 0.717) is 24.2 Å². The lowest BCUT2D eigenvalue weighted by Crippen LogP contribution is -1.99. The van der Waals surface area contributed by atoms with Crippen LogP contribution in [-0.2, 0) is 4.79 Å². The van der Waals surface area contributed by atoms with Crippen LogP contribution in [0.1, 0.15) is 30.1 Å². The first kappa shape index (κ1) is 14.1. The maximum absolute atomic E-state index is 13.3. The summed E-state index contributed by atoms with van der Waals surface area (Å²) < 4.78 is 26.5. The van der Waals surface area contributed by atoms with Crippen molar-refractivity contribution in [1.82, 2.24) is 0 Å². The average molecular weight is 279 g/mol. The Morgan fingerprint density at radius 3 is 2.47 bits per heavy atom. The molecular weight excluding hydrogens is 270 g/mol. The maximum atomic E-state index is 13.3. The summed E-state index contributed by atoms with van der Waals surface area (Å²) in [5.41, 5.74) is -0.431. The van der Waals surface area contributed by atoms with Crippen LogP contribution in [0, 0.1) is 11.6 Å². The predicted molar refractivity (Wildman–Crippen MR) is 62.3 cm³/mol. The molecule has 0 saturated heterocycles. The number of benzene rings is 1. The van der Waals surface area contributed by atoms with Gasteiger partial charge in [0.1, 0.15) is 11.6 Å². The van der Waals surface area contributed by atoms with Crippen LogP contribution in [0.15, 0.2) is 17.0 Å². The van der Waals surface area contributed by atoms with Crippen LogP contribution in [0.3, 0.4) is 0 Å². The first-order valence-corrected chi connectivity index (χ1v) is 6.04. The Kier molecular flexibility index (Phi) is 5.08. The highest BCUT2D eigenvalue weighted by molar-refractivity contribution is 8.13. The van der Waals surface area contributed by atoms with Gasteiger partial charge in [0.05, 0.1) is 10.5 Å². The van der Waals surface area contributed by atoms with Crippen LogP contribution < -0.4 is 0 Å². The van der Waals surface area contributed by atoms with Crippen molar-refractivity contribution in [2.75, 3.05) is 0 Å². The number of hydrogen-bond acceptors (Lipinski definition) is 3. The number of carbonyl (C=O) groups is 2. The van der Waals surface area contributed by atoms with E-state index in [1.807, 2.05) is 6.92 Å². The van der Waals surface area contributed by atoms with E-state index in [-0.39, 0.29) is 16.4 Å². The first-order valence-electron chi connectivity index (χ1n) is 4.85. The fraction of sp³-hybridized carbons (Fsp3) is 0.273. The molecule has 0 amide bonds. The van der Waals surface area contributed by atoms with Crippen molar-refractivity contribution in [2.24, 2.45) is 0 Å². The fourth-order valence-corrected chi connectivity index (χ4v) is 2.17. The summed E-state index contributed by atoms with van der Waals surface area (Å²) >= 11 is 5.78. The Labute approximate surface area is 106 Å². The number of halogens is 3. The van der Waals surface area contributed by atoms with E-state index in [4.69, 9.17) is 11.6 Å². The van der Waals surface area contributed by atoms with E-state index in [2.05, 4.69) is 0 Å². The lowest BCUT2D eigenvalue weighted by molar-refractivity contribution is -0.111. The quantitative estimate of drug-likeness (QED) is 0.621. The maximum Gasteiger partial charge on any atom is 0.255 e. The van der Waals surface area contributed by atoms with Gasteiger partial charge in [0.25, 0.3) is 5.24 Å². The summed E-state index contributed by atoms with van der Waals surface area (Å²) in [6.07, 6.45) is 0.918. The lowest BCUT2D eigenvalue weighted by atomic mass is 10.2. The third-order valence-corrected chi connectivity index (χ3v) is 3.08. The van der Waals surface area contributed by atoms with Crippen molar-refractivity contribution < 1.29 is 18.4 Å². The van der Waals surface area contributed by atoms with Crippen LogP contribution in [0.5, 0.6) is 0 Å². The van der Waals surface area contributed by atoms with E-state index in [0.717, 1.165) is 6.07 Å². The molecule has 92 valence electrons. The summed E-state index contributed by atoms with van der Waals surface area (Å²) in [5, 5.41) is -1.27. The molecule has 17 heavy (non-hydrogen) atoms. The normalized spacial score (nSPS) is 10.4. The molecule has 0 aromatic heterocycles. The topological polar surface area (TPSA) is 34.1 Å². The molecule has 0 spiro atoms. The molecule has 0 unspecified atom stereocenters. The molecule has 1 rings (SSSR count). The van der Waals surface area contributed by atoms with Crippen LogP contribution in [0.4, 0.5) is 8.78 Å². The van der Waals surface area contributed by atoms with E-state index < -0.39 is 22.4 Å². The van der Waals surface area contributed by atoms with Gasteiger partial charge >= 0.3 is 0 Å². The van der Waals surface area contributed by atoms with Gasteiger partial charge in [0, 0.05) is 12.5 Å². The van der Waals surface area contributed by atoms with Gasteiger partial charge in [-0.2, -0.15) is 0 Å². The van der Waals surface area contributed by atoms with Crippen LogP contribution in [0.2, 0.25) is 0 Å². The Morgan fingerprint density at radius 1 is 1.29 bits per heavy atom. The molecule has 1 aromatic rings.